The van der Waals surface area contributed by atoms with Crippen LogP contribution in [0.4, 0.5) is 0 Å². The summed E-state index contributed by atoms with van der Waals surface area (Å²) < 4.78 is 0. The topological polar surface area (TPSA) is 42.0 Å². The van der Waals surface area contributed by atoms with Gasteiger partial charge in [-0.15, -0.1) is 0 Å². The molecule has 1 N–H and O–H groups in total. The second kappa shape index (κ2) is 7.96. The minimum atomic E-state index is -0.209. The summed E-state index contributed by atoms with van der Waals surface area (Å²) in [5.41, 5.74) is 6.68. The normalized spacial score (nSPS) is 11.8. The number of carbonyl (C=O) groups excluding carboxylic acids is 1. The maximum Gasteiger partial charge on any atom is 0.225 e. The van der Waals surface area contributed by atoms with E-state index < -0.39 is 0 Å². The molecule has 0 spiro atoms. The van der Waals surface area contributed by atoms with Crippen molar-refractivity contribution in [3.05, 3.63) is 100 Å². The fourth-order valence-corrected chi connectivity index (χ4v) is 3.04. The molecule has 3 rings (SSSR count). The maximum atomic E-state index is 12.7. The minimum absolute atomic E-state index is 0.00591. The summed E-state index contributed by atoms with van der Waals surface area (Å²) in [5, 5.41) is 3.19. The van der Waals surface area contributed by atoms with E-state index in [0.29, 0.717) is 6.42 Å². The van der Waals surface area contributed by atoms with Crippen LogP contribution in [0.5, 0.6) is 0 Å². The predicted molar refractivity (Wildman–Crippen MR) is 105 cm³/mol. The molecule has 0 saturated carbocycles. The summed E-state index contributed by atoms with van der Waals surface area (Å²) in [6.07, 6.45) is 3.93. The number of pyridine rings is 1. The van der Waals surface area contributed by atoms with E-state index in [2.05, 4.69) is 42.3 Å². The van der Waals surface area contributed by atoms with Crippen LogP contribution in [0.2, 0.25) is 0 Å². The molecular weight excluding hydrogens is 320 g/mol. The van der Waals surface area contributed by atoms with Crippen LogP contribution in [0.25, 0.3) is 0 Å². The Morgan fingerprint density at radius 1 is 0.923 bits per heavy atom. The predicted octanol–water partition coefficient (Wildman–Crippen LogP) is 4.46. The van der Waals surface area contributed by atoms with Gasteiger partial charge in [0.1, 0.15) is 0 Å². The lowest BCUT2D eigenvalue weighted by molar-refractivity contribution is -0.120. The molecule has 1 aromatic heterocycles. The van der Waals surface area contributed by atoms with E-state index in [0.717, 1.165) is 22.3 Å². The quantitative estimate of drug-likeness (QED) is 0.743. The molecule has 2 aromatic carbocycles. The van der Waals surface area contributed by atoms with Gasteiger partial charge < -0.3 is 5.32 Å². The lowest BCUT2D eigenvalue weighted by Crippen LogP contribution is -2.31. The van der Waals surface area contributed by atoms with Gasteiger partial charge in [0, 0.05) is 12.4 Å². The fraction of sp³-hybridized carbons (Fsp3) is 0.217. The third kappa shape index (κ3) is 4.17. The third-order valence-corrected chi connectivity index (χ3v) is 4.80. The number of hydrogen-bond acceptors (Lipinski definition) is 2. The van der Waals surface area contributed by atoms with Gasteiger partial charge in [-0.2, -0.15) is 0 Å². The van der Waals surface area contributed by atoms with Gasteiger partial charge in [0.2, 0.25) is 5.91 Å². The van der Waals surface area contributed by atoms with E-state index in [1.54, 1.807) is 6.20 Å². The summed E-state index contributed by atoms with van der Waals surface area (Å²) >= 11 is 0. The van der Waals surface area contributed by atoms with Crippen molar-refractivity contribution in [2.75, 3.05) is 0 Å². The number of amides is 1. The zero-order valence-corrected chi connectivity index (χ0v) is 15.5. The molecule has 0 aliphatic carbocycles. The molecular formula is C23H24N2O. The molecule has 0 fully saturated rings. The second-order valence-corrected chi connectivity index (χ2v) is 6.73. The van der Waals surface area contributed by atoms with Gasteiger partial charge in [-0.3, -0.25) is 9.78 Å². The highest BCUT2D eigenvalue weighted by molar-refractivity contribution is 5.79. The van der Waals surface area contributed by atoms with E-state index >= 15 is 0 Å². The number of benzene rings is 2. The number of aryl methyl sites for hydroxylation is 3. The summed E-state index contributed by atoms with van der Waals surface area (Å²) in [5.74, 6) is 0.00591. The first kappa shape index (κ1) is 17.9. The largest absolute Gasteiger partial charge is 0.345 e. The van der Waals surface area contributed by atoms with Crippen molar-refractivity contribution in [2.24, 2.45) is 0 Å². The number of hydrogen-bond donors (Lipinski definition) is 1. The molecule has 0 radical (unpaired) electrons. The Bertz CT molecular complexity index is 903. The molecule has 1 heterocycles. The smallest absolute Gasteiger partial charge is 0.225 e. The van der Waals surface area contributed by atoms with Crippen LogP contribution in [0.15, 0.2) is 67.0 Å². The van der Waals surface area contributed by atoms with Crippen molar-refractivity contribution in [1.29, 1.82) is 0 Å². The molecule has 1 amide bonds. The van der Waals surface area contributed by atoms with Gasteiger partial charge in [0.15, 0.2) is 0 Å². The van der Waals surface area contributed by atoms with Crippen LogP contribution in [-0.2, 0) is 11.2 Å². The monoisotopic (exact) mass is 344 g/mol. The highest BCUT2D eigenvalue weighted by Crippen LogP contribution is 2.24. The van der Waals surface area contributed by atoms with E-state index in [1.165, 1.54) is 11.1 Å². The maximum absolute atomic E-state index is 12.7. The van der Waals surface area contributed by atoms with Crippen LogP contribution in [0.1, 0.15) is 39.4 Å². The number of carbonyl (C=O) groups is 1. The van der Waals surface area contributed by atoms with E-state index in [1.807, 2.05) is 49.5 Å². The van der Waals surface area contributed by atoms with E-state index in [4.69, 9.17) is 0 Å². The first-order valence-corrected chi connectivity index (χ1v) is 8.85. The van der Waals surface area contributed by atoms with Gasteiger partial charge in [-0.1, -0.05) is 48.5 Å². The number of nitrogens with one attached hydrogen (secondary N) is 1. The summed E-state index contributed by atoms with van der Waals surface area (Å²) in [7, 11) is 0. The second-order valence-electron chi connectivity index (χ2n) is 6.73. The molecule has 3 nitrogen and oxygen atoms in total. The van der Waals surface area contributed by atoms with E-state index in [-0.39, 0.29) is 11.9 Å². The molecule has 0 unspecified atom stereocenters. The Balaban J connectivity index is 1.87. The molecule has 1 atom stereocenters. The van der Waals surface area contributed by atoms with Gasteiger partial charge in [-0.05, 0) is 60.2 Å². The van der Waals surface area contributed by atoms with Crippen molar-refractivity contribution in [2.45, 2.75) is 33.2 Å². The molecule has 0 bridgehead atoms. The van der Waals surface area contributed by atoms with Gasteiger partial charge >= 0.3 is 0 Å². The third-order valence-electron chi connectivity index (χ3n) is 4.80. The van der Waals surface area contributed by atoms with Crippen LogP contribution in [0, 0.1) is 20.8 Å². The lowest BCUT2D eigenvalue weighted by atomic mass is 9.96. The van der Waals surface area contributed by atoms with Crippen LogP contribution in [-0.4, -0.2) is 10.9 Å². The molecule has 26 heavy (non-hydrogen) atoms. The number of rotatable bonds is 5. The van der Waals surface area contributed by atoms with Gasteiger partial charge in [0.05, 0.1) is 12.5 Å². The highest BCUT2D eigenvalue weighted by Gasteiger charge is 2.18. The number of nitrogens with zero attached hydrogens (tertiary/aromatic N) is 1. The van der Waals surface area contributed by atoms with Crippen molar-refractivity contribution in [3.8, 4) is 0 Å². The Morgan fingerprint density at radius 3 is 2.42 bits per heavy atom. The molecule has 3 heteroatoms. The molecule has 0 aliphatic heterocycles. The highest BCUT2D eigenvalue weighted by atomic mass is 16.1. The Kier molecular flexibility index (Phi) is 5.47. The van der Waals surface area contributed by atoms with Crippen molar-refractivity contribution >= 4 is 5.91 Å². The molecule has 132 valence electrons. The molecule has 0 aliphatic rings. The Labute approximate surface area is 155 Å². The number of aromatic nitrogens is 1. The van der Waals surface area contributed by atoms with Gasteiger partial charge in [0.25, 0.3) is 0 Å². The summed E-state index contributed by atoms with van der Waals surface area (Å²) in [6.45, 7) is 6.22. The SMILES string of the molecule is Cc1ccc([C@@H](NC(=O)Cc2ccccc2C)c2cccnc2)cc1C. The van der Waals surface area contributed by atoms with Crippen molar-refractivity contribution in [1.82, 2.24) is 10.3 Å². The lowest BCUT2D eigenvalue weighted by Gasteiger charge is -2.21. The summed E-state index contributed by atoms with van der Waals surface area (Å²) in [6, 6.07) is 18.0. The van der Waals surface area contributed by atoms with Crippen LogP contribution in [0.3, 0.4) is 0 Å². The standard InChI is InChI=1S/C23H24N2O/c1-16-10-11-20(13-18(16)3)23(21-9-6-12-24-15-21)25-22(26)14-19-8-5-4-7-17(19)2/h4-13,15,23H,14H2,1-3H3,(H,25,26)/t23-/m1/s1. The zero-order valence-electron chi connectivity index (χ0n) is 15.5. The summed E-state index contributed by atoms with van der Waals surface area (Å²) in [4.78, 5) is 17.0. The van der Waals surface area contributed by atoms with Gasteiger partial charge in [-0.25, -0.2) is 0 Å². The van der Waals surface area contributed by atoms with Crippen LogP contribution < -0.4 is 5.32 Å². The first-order valence-electron chi connectivity index (χ1n) is 8.85. The average molecular weight is 344 g/mol. The average Bonchev–Trinajstić information content (AvgIpc) is 2.65. The first-order chi connectivity index (χ1) is 12.5. The fourth-order valence-electron chi connectivity index (χ4n) is 3.04. The van der Waals surface area contributed by atoms with Crippen molar-refractivity contribution in [3.63, 3.8) is 0 Å². The Hall–Kier alpha value is -2.94. The van der Waals surface area contributed by atoms with E-state index in [9.17, 15) is 4.79 Å². The molecule has 0 saturated heterocycles. The van der Waals surface area contributed by atoms with Crippen molar-refractivity contribution < 1.29 is 4.79 Å². The zero-order chi connectivity index (χ0) is 18.5. The molecule has 3 aromatic rings. The minimum Gasteiger partial charge on any atom is -0.345 e. The Morgan fingerprint density at radius 2 is 1.73 bits per heavy atom. The van der Waals surface area contributed by atoms with Crippen LogP contribution >= 0.6 is 0 Å².